The molecule has 1 amide bonds. The summed E-state index contributed by atoms with van der Waals surface area (Å²) in [6.07, 6.45) is 1.73. The van der Waals surface area contributed by atoms with Gasteiger partial charge in [-0.2, -0.15) is 15.0 Å². The molecular formula is C22H20FN7OS. The second-order valence-electron chi connectivity index (χ2n) is 6.89. The van der Waals surface area contributed by atoms with E-state index in [4.69, 9.17) is 0 Å². The lowest BCUT2D eigenvalue weighted by Gasteiger charge is -2.17. The number of hydrogen-bond acceptors (Lipinski definition) is 8. The van der Waals surface area contributed by atoms with Crippen LogP contribution in [-0.4, -0.2) is 32.9 Å². The van der Waals surface area contributed by atoms with Gasteiger partial charge < -0.3 is 10.2 Å². The van der Waals surface area contributed by atoms with Gasteiger partial charge in [0, 0.05) is 29.5 Å². The molecule has 8 nitrogen and oxygen atoms in total. The second kappa shape index (κ2) is 9.48. The van der Waals surface area contributed by atoms with E-state index in [2.05, 4.69) is 30.6 Å². The smallest absolute Gasteiger partial charge is 0.234 e. The van der Waals surface area contributed by atoms with Gasteiger partial charge in [-0.25, -0.2) is 9.37 Å². The van der Waals surface area contributed by atoms with Gasteiger partial charge in [0.15, 0.2) is 5.13 Å². The number of thiazole rings is 1. The minimum atomic E-state index is -0.406. The van der Waals surface area contributed by atoms with Gasteiger partial charge >= 0.3 is 0 Å². The normalized spacial score (nSPS) is 10.6. The largest absolute Gasteiger partial charge is 0.326 e. The molecule has 4 rings (SSSR count). The number of carbonyl (C=O) groups is 1. The van der Waals surface area contributed by atoms with Gasteiger partial charge in [-0.15, -0.1) is 11.3 Å². The highest BCUT2D eigenvalue weighted by Crippen LogP contribution is 2.24. The van der Waals surface area contributed by atoms with Crippen molar-refractivity contribution in [3.63, 3.8) is 0 Å². The van der Waals surface area contributed by atoms with Crippen molar-refractivity contribution in [1.29, 1.82) is 0 Å². The van der Waals surface area contributed by atoms with Crippen molar-refractivity contribution in [2.45, 2.75) is 13.3 Å². The summed E-state index contributed by atoms with van der Waals surface area (Å²) in [4.78, 5) is 32.4. The molecule has 0 saturated carbocycles. The molecule has 0 unspecified atom stereocenters. The molecule has 2 aromatic heterocycles. The third-order valence-corrected chi connectivity index (χ3v) is 5.31. The Bertz CT molecular complexity index is 1230. The van der Waals surface area contributed by atoms with Crippen LogP contribution < -0.4 is 15.5 Å². The molecule has 2 aromatic carbocycles. The zero-order chi connectivity index (χ0) is 22.5. The van der Waals surface area contributed by atoms with Crippen molar-refractivity contribution in [3.05, 3.63) is 77.3 Å². The highest BCUT2D eigenvalue weighted by atomic mass is 32.1. The summed E-state index contributed by atoms with van der Waals surface area (Å²) >= 11 is 1.32. The maximum Gasteiger partial charge on any atom is 0.234 e. The SMILES string of the molecule is Cc1nc(Nc2ncc(CC(=O)Nc3cccc(F)c3)s2)nc(N(C)c2ccccc2)n1. The number of carbonyl (C=O) groups excluding carboxylic acids is 1. The number of benzene rings is 2. The van der Waals surface area contributed by atoms with E-state index in [1.54, 1.807) is 25.3 Å². The maximum absolute atomic E-state index is 13.3. The summed E-state index contributed by atoms with van der Waals surface area (Å²) in [5.41, 5.74) is 1.36. The first-order valence-electron chi connectivity index (χ1n) is 9.75. The molecular weight excluding hydrogens is 429 g/mol. The summed E-state index contributed by atoms with van der Waals surface area (Å²) in [5, 5.41) is 6.31. The molecule has 2 N–H and O–H groups in total. The quantitative estimate of drug-likeness (QED) is 0.430. The molecule has 0 saturated heterocycles. The molecule has 0 aliphatic carbocycles. The molecule has 162 valence electrons. The number of nitrogens with zero attached hydrogens (tertiary/aromatic N) is 5. The zero-order valence-corrected chi connectivity index (χ0v) is 18.2. The van der Waals surface area contributed by atoms with E-state index in [9.17, 15) is 9.18 Å². The minimum absolute atomic E-state index is 0.119. The summed E-state index contributed by atoms with van der Waals surface area (Å²) in [5.74, 6) is 0.759. The number of nitrogens with one attached hydrogen (secondary N) is 2. The number of para-hydroxylation sites is 1. The van der Waals surface area contributed by atoms with E-state index in [0.29, 0.717) is 28.5 Å². The van der Waals surface area contributed by atoms with E-state index in [0.717, 1.165) is 10.6 Å². The summed E-state index contributed by atoms with van der Waals surface area (Å²) in [6.45, 7) is 1.79. The number of rotatable bonds is 7. The first-order valence-corrected chi connectivity index (χ1v) is 10.6. The third-order valence-electron chi connectivity index (χ3n) is 4.39. The summed E-state index contributed by atoms with van der Waals surface area (Å²) in [6, 6.07) is 15.5. The van der Waals surface area contributed by atoms with E-state index < -0.39 is 5.82 Å². The van der Waals surface area contributed by atoms with Crippen LogP contribution in [0.25, 0.3) is 0 Å². The molecule has 0 aliphatic heterocycles. The summed E-state index contributed by atoms with van der Waals surface area (Å²) in [7, 11) is 1.88. The van der Waals surface area contributed by atoms with Crippen molar-refractivity contribution < 1.29 is 9.18 Å². The standard InChI is InChI=1S/C22H20FN7OS/c1-14-25-20(28-21(26-14)30(2)17-9-4-3-5-10-17)29-22-24-13-18(32-22)12-19(31)27-16-8-6-7-15(23)11-16/h3-11,13H,12H2,1-2H3,(H,27,31)(H,24,25,26,28,29). The molecule has 0 bridgehead atoms. The molecule has 2 heterocycles. The lowest BCUT2D eigenvalue weighted by atomic mass is 10.3. The van der Waals surface area contributed by atoms with E-state index in [-0.39, 0.29) is 12.3 Å². The lowest BCUT2D eigenvalue weighted by molar-refractivity contribution is -0.115. The molecule has 0 atom stereocenters. The van der Waals surface area contributed by atoms with Gasteiger partial charge in [0.05, 0.1) is 6.42 Å². The zero-order valence-electron chi connectivity index (χ0n) is 17.4. The fraction of sp³-hybridized carbons (Fsp3) is 0.136. The third kappa shape index (κ3) is 5.41. The Balaban J connectivity index is 1.43. The number of amides is 1. The molecule has 0 fully saturated rings. The molecule has 0 radical (unpaired) electrons. The van der Waals surface area contributed by atoms with Gasteiger partial charge in [0.2, 0.25) is 17.8 Å². The average Bonchev–Trinajstić information content (AvgIpc) is 3.19. The number of aryl methyl sites for hydroxylation is 1. The fourth-order valence-electron chi connectivity index (χ4n) is 2.91. The van der Waals surface area contributed by atoms with E-state index >= 15 is 0 Å². The predicted molar refractivity (Wildman–Crippen MR) is 123 cm³/mol. The fourth-order valence-corrected chi connectivity index (χ4v) is 3.72. The Hall–Kier alpha value is -3.92. The van der Waals surface area contributed by atoms with Crippen LogP contribution in [0.4, 0.5) is 32.8 Å². The molecule has 0 spiro atoms. The van der Waals surface area contributed by atoms with Gasteiger partial charge in [0.25, 0.3) is 0 Å². The van der Waals surface area contributed by atoms with Crippen LogP contribution in [0.15, 0.2) is 60.8 Å². The number of hydrogen-bond donors (Lipinski definition) is 2. The Morgan fingerprint density at radius 2 is 1.91 bits per heavy atom. The molecule has 10 heteroatoms. The second-order valence-corrected chi connectivity index (χ2v) is 8.01. The van der Waals surface area contributed by atoms with Crippen LogP contribution in [0.3, 0.4) is 0 Å². The Morgan fingerprint density at radius 1 is 1.09 bits per heavy atom. The van der Waals surface area contributed by atoms with Crippen molar-refractivity contribution in [2.24, 2.45) is 0 Å². The molecule has 32 heavy (non-hydrogen) atoms. The van der Waals surface area contributed by atoms with Crippen LogP contribution in [-0.2, 0) is 11.2 Å². The Kier molecular flexibility index (Phi) is 6.31. The van der Waals surface area contributed by atoms with Crippen molar-refractivity contribution in [2.75, 3.05) is 22.6 Å². The maximum atomic E-state index is 13.3. The van der Waals surface area contributed by atoms with Gasteiger partial charge in [-0.1, -0.05) is 24.3 Å². The Morgan fingerprint density at radius 3 is 2.69 bits per heavy atom. The van der Waals surface area contributed by atoms with Crippen molar-refractivity contribution >= 4 is 45.6 Å². The number of halogens is 1. The van der Waals surface area contributed by atoms with E-state index in [1.165, 1.54) is 23.5 Å². The lowest BCUT2D eigenvalue weighted by Crippen LogP contribution is -2.15. The monoisotopic (exact) mass is 449 g/mol. The van der Waals surface area contributed by atoms with Crippen LogP contribution in [0, 0.1) is 12.7 Å². The average molecular weight is 450 g/mol. The van der Waals surface area contributed by atoms with Crippen LogP contribution >= 0.6 is 11.3 Å². The minimum Gasteiger partial charge on any atom is -0.326 e. The number of anilines is 5. The van der Waals surface area contributed by atoms with Crippen LogP contribution in [0.2, 0.25) is 0 Å². The topological polar surface area (TPSA) is 95.9 Å². The van der Waals surface area contributed by atoms with E-state index in [1.807, 2.05) is 42.3 Å². The van der Waals surface area contributed by atoms with Gasteiger partial charge in [0.1, 0.15) is 11.6 Å². The Labute approximate surface area is 188 Å². The molecule has 0 aliphatic rings. The first-order chi connectivity index (χ1) is 15.5. The summed E-state index contributed by atoms with van der Waals surface area (Å²) < 4.78 is 13.3. The van der Waals surface area contributed by atoms with Crippen molar-refractivity contribution in [1.82, 2.24) is 19.9 Å². The van der Waals surface area contributed by atoms with Crippen molar-refractivity contribution in [3.8, 4) is 0 Å². The van der Waals surface area contributed by atoms with Crippen LogP contribution in [0.5, 0.6) is 0 Å². The predicted octanol–water partition coefficient (Wildman–Crippen LogP) is 4.47. The highest BCUT2D eigenvalue weighted by Gasteiger charge is 2.13. The van der Waals surface area contributed by atoms with Gasteiger partial charge in [-0.3, -0.25) is 10.1 Å². The first kappa shape index (κ1) is 21.3. The number of aromatic nitrogens is 4. The van der Waals surface area contributed by atoms with Crippen LogP contribution in [0.1, 0.15) is 10.7 Å². The molecule has 4 aromatic rings. The van der Waals surface area contributed by atoms with Gasteiger partial charge in [-0.05, 0) is 37.3 Å². The highest BCUT2D eigenvalue weighted by molar-refractivity contribution is 7.15.